The third kappa shape index (κ3) is 2.71. The molecule has 0 radical (unpaired) electrons. The predicted molar refractivity (Wildman–Crippen MR) is 77.6 cm³/mol. The molecule has 1 aliphatic heterocycles. The molecule has 0 unspecified atom stereocenters. The van der Waals surface area contributed by atoms with E-state index in [1.54, 1.807) is 24.3 Å². The van der Waals surface area contributed by atoms with Gasteiger partial charge in [-0.25, -0.2) is 4.98 Å². The fourth-order valence-electron chi connectivity index (χ4n) is 2.58. The molecule has 0 bridgehead atoms. The van der Waals surface area contributed by atoms with Crippen molar-refractivity contribution in [1.29, 1.82) is 0 Å². The van der Waals surface area contributed by atoms with Gasteiger partial charge in [0.1, 0.15) is 6.54 Å². The van der Waals surface area contributed by atoms with Crippen LogP contribution < -0.4 is 0 Å². The number of hydrogen-bond donors (Lipinski definition) is 0. The highest BCUT2D eigenvalue weighted by molar-refractivity contribution is 5.91. The lowest BCUT2D eigenvalue weighted by atomic mass is 9.97. The smallest absolute Gasteiger partial charge is 0.406 e. The number of nitrogens with zero attached hydrogens (tertiary/aromatic N) is 3. The Morgan fingerprint density at radius 2 is 2.09 bits per heavy atom. The Labute approximate surface area is 124 Å². The number of halogens is 3. The molecular formula is C15H13F3N3O-. The van der Waals surface area contributed by atoms with Crippen LogP contribution in [0.15, 0.2) is 42.4 Å². The third-order valence-electron chi connectivity index (χ3n) is 3.61. The van der Waals surface area contributed by atoms with Crippen LogP contribution in [-0.4, -0.2) is 27.3 Å². The second-order valence-corrected chi connectivity index (χ2v) is 5.21. The summed E-state index contributed by atoms with van der Waals surface area (Å²) in [6.45, 7) is 0.941. The fraction of sp³-hybridized carbons (Fsp3) is 0.267. The van der Waals surface area contributed by atoms with Crippen LogP contribution in [0.2, 0.25) is 0 Å². The topological polar surface area (TPSA) is 44.1 Å². The summed E-state index contributed by atoms with van der Waals surface area (Å²) in [4.78, 5) is 4.12. The van der Waals surface area contributed by atoms with Crippen molar-refractivity contribution in [3.05, 3.63) is 53.1 Å². The van der Waals surface area contributed by atoms with Gasteiger partial charge in [0.2, 0.25) is 0 Å². The number of imidazole rings is 1. The van der Waals surface area contributed by atoms with Crippen LogP contribution in [0.25, 0.3) is 16.6 Å². The molecule has 0 saturated heterocycles. The standard InChI is InChI=1S/C15H13F3N3O/c1-10-5-6-21(22)7-12(10)11-3-2-4-13-14(11)19-9-20(13)8-15(16,17)18/h2-6,9H,7-8H2,1H3/q-1. The summed E-state index contributed by atoms with van der Waals surface area (Å²) in [7, 11) is 0. The first-order chi connectivity index (χ1) is 10.3. The van der Waals surface area contributed by atoms with E-state index in [1.807, 2.05) is 6.92 Å². The molecule has 22 heavy (non-hydrogen) atoms. The lowest BCUT2D eigenvalue weighted by Crippen LogP contribution is -2.17. The Balaban J connectivity index is 2.11. The molecule has 1 aromatic heterocycles. The summed E-state index contributed by atoms with van der Waals surface area (Å²) in [5, 5.41) is 12.3. The van der Waals surface area contributed by atoms with Crippen LogP contribution in [0.3, 0.4) is 0 Å². The number of rotatable bonds is 2. The van der Waals surface area contributed by atoms with E-state index in [0.29, 0.717) is 16.6 Å². The van der Waals surface area contributed by atoms with E-state index in [-0.39, 0.29) is 6.54 Å². The summed E-state index contributed by atoms with van der Waals surface area (Å²) in [6, 6.07) is 5.06. The van der Waals surface area contributed by atoms with Crippen LogP contribution in [0, 0.1) is 5.21 Å². The molecule has 0 atom stereocenters. The fourth-order valence-corrected chi connectivity index (χ4v) is 2.58. The van der Waals surface area contributed by atoms with E-state index in [9.17, 15) is 18.4 Å². The minimum atomic E-state index is -4.31. The first-order valence-electron chi connectivity index (χ1n) is 6.68. The highest BCUT2D eigenvalue weighted by Crippen LogP contribution is 2.30. The number of allylic oxidation sites excluding steroid dienone is 2. The molecule has 1 aliphatic rings. The number of alkyl halides is 3. The number of benzene rings is 1. The van der Waals surface area contributed by atoms with Crippen molar-refractivity contribution in [1.82, 2.24) is 14.6 Å². The molecule has 116 valence electrons. The number of para-hydroxylation sites is 1. The average Bonchev–Trinajstić information content (AvgIpc) is 2.83. The molecule has 7 heteroatoms. The molecule has 2 aromatic rings. The minimum Gasteiger partial charge on any atom is -0.758 e. The molecule has 4 nitrogen and oxygen atoms in total. The van der Waals surface area contributed by atoms with Crippen molar-refractivity contribution < 1.29 is 13.2 Å². The number of hydroxylamine groups is 2. The zero-order chi connectivity index (χ0) is 15.9. The zero-order valence-electron chi connectivity index (χ0n) is 11.8. The van der Waals surface area contributed by atoms with Crippen molar-refractivity contribution in [2.45, 2.75) is 19.6 Å². The normalized spacial score (nSPS) is 16.0. The quantitative estimate of drug-likeness (QED) is 0.849. The van der Waals surface area contributed by atoms with Gasteiger partial charge in [0, 0.05) is 12.1 Å². The van der Waals surface area contributed by atoms with Gasteiger partial charge in [-0.05, 0) is 36.4 Å². The molecule has 0 aliphatic carbocycles. The average molecular weight is 308 g/mol. The van der Waals surface area contributed by atoms with Crippen molar-refractivity contribution in [3.8, 4) is 0 Å². The van der Waals surface area contributed by atoms with Gasteiger partial charge in [0.25, 0.3) is 0 Å². The Morgan fingerprint density at radius 1 is 1.32 bits per heavy atom. The van der Waals surface area contributed by atoms with Gasteiger partial charge < -0.3 is 14.8 Å². The summed E-state index contributed by atoms with van der Waals surface area (Å²) >= 11 is 0. The summed E-state index contributed by atoms with van der Waals surface area (Å²) in [5.41, 5.74) is 3.26. The van der Waals surface area contributed by atoms with Crippen LogP contribution in [0.1, 0.15) is 12.5 Å². The molecule has 0 amide bonds. The zero-order valence-corrected chi connectivity index (χ0v) is 11.8. The highest BCUT2D eigenvalue weighted by Gasteiger charge is 2.29. The lowest BCUT2D eigenvalue weighted by molar-refractivity contribution is -0.139. The van der Waals surface area contributed by atoms with Crippen LogP contribution in [-0.2, 0) is 6.54 Å². The van der Waals surface area contributed by atoms with Crippen molar-refractivity contribution in [3.63, 3.8) is 0 Å². The van der Waals surface area contributed by atoms with Gasteiger partial charge in [0.15, 0.2) is 0 Å². The first-order valence-corrected chi connectivity index (χ1v) is 6.68. The Morgan fingerprint density at radius 3 is 2.82 bits per heavy atom. The van der Waals surface area contributed by atoms with Crippen LogP contribution in [0.4, 0.5) is 13.2 Å². The maximum absolute atomic E-state index is 12.6. The third-order valence-corrected chi connectivity index (χ3v) is 3.61. The van der Waals surface area contributed by atoms with Gasteiger partial charge in [-0.3, -0.25) is 0 Å². The molecular weight excluding hydrogens is 295 g/mol. The summed E-state index contributed by atoms with van der Waals surface area (Å²) in [5.74, 6) is 0. The second-order valence-electron chi connectivity index (χ2n) is 5.21. The number of fused-ring (bicyclic) bond motifs is 1. The number of hydrogen-bond acceptors (Lipinski definition) is 3. The Hall–Kier alpha value is -2.28. The minimum absolute atomic E-state index is 0.160. The van der Waals surface area contributed by atoms with Crippen LogP contribution in [0.5, 0.6) is 0 Å². The highest BCUT2D eigenvalue weighted by atomic mass is 19.4. The molecule has 0 fully saturated rings. The molecule has 0 saturated carbocycles. The van der Waals surface area contributed by atoms with Gasteiger partial charge in [-0.15, -0.1) is 0 Å². The van der Waals surface area contributed by atoms with Gasteiger partial charge in [0.05, 0.1) is 17.4 Å². The largest absolute Gasteiger partial charge is 0.758 e. The maximum atomic E-state index is 12.6. The SMILES string of the molecule is CC1=C(c2cccc3c2ncn3CC(F)(F)F)CN([O-])C=C1. The lowest BCUT2D eigenvalue weighted by Gasteiger charge is -2.31. The molecule has 3 rings (SSSR count). The first kappa shape index (κ1) is 14.6. The summed E-state index contributed by atoms with van der Waals surface area (Å²) in [6.07, 6.45) is 0.00198. The van der Waals surface area contributed by atoms with E-state index in [4.69, 9.17) is 0 Å². The molecule has 2 heterocycles. The van der Waals surface area contributed by atoms with E-state index in [2.05, 4.69) is 4.98 Å². The Bertz CT molecular complexity index is 774. The van der Waals surface area contributed by atoms with Gasteiger partial charge in [-0.1, -0.05) is 12.1 Å². The van der Waals surface area contributed by atoms with Gasteiger partial charge >= 0.3 is 6.18 Å². The van der Waals surface area contributed by atoms with Crippen molar-refractivity contribution in [2.75, 3.05) is 6.54 Å². The van der Waals surface area contributed by atoms with Crippen molar-refractivity contribution >= 4 is 16.6 Å². The van der Waals surface area contributed by atoms with E-state index >= 15 is 0 Å². The Kier molecular flexibility index (Phi) is 3.44. The summed E-state index contributed by atoms with van der Waals surface area (Å²) < 4.78 is 38.9. The number of aromatic nitrogens is 2. The van der Waals surface area contributed by atoms with Crippen LogP contribution >= 0.6 is 0 Å². The molecule has 1 aromatic carbocycles. The molecule has 0 spiro atoms. The maximum Gasteiger partial charge on any atom is 0.406 e. The molecule has 0 N–H and O–H groups in total. The van der Waals surface area contributed by atoms with Crippen molar-refractivity contribution in [2.24, 2.45) is 0 Å². The second kappa shape index (κ2) is 5.17. The monoisotopic (exact) mass is 308 g/mol. The van der Waals surface area contributed by atoms with Gasteiger partial charge in [-0.2, -0.15) is 13.2 Å². The predicted octanol–water partition coefficient (Wildman–Crippen LogP) is 3.70. The van der Waals surface area contributed by atoms with E-state index < -0.39 is 12.7 Å². The van der Waals surface area contributed by atoms with E-state index in [0.717, 1.165) is 20.8 Å². The van der Waals surface area contributed by atoms with E-state index in [1.165, 1.54) is 12.5 Å².